The van der Waals surface area contributed by atoms with Gasteiger partial charge < -0.3 is 9.30 Å². The maximum absolute atomic E-state index is 12.5. The van der Waals surface area contributed by atoms with E-state index in [9.17, 15) is 4.79 Å². The molecular formula is C24H22BrN3O2S. The SMILES string of the molecule is CCn1c(COc2ccc3ccccc3c2C)nnc1SCC(=O)c1ccc(Br)cc1. The Morgan fingerprint density at radius 2 is 1.84 bits per heavy atom. The van der Waals surface area contributed by atoms with Crippen molar-refractivity contribution in [3.8, 4) is 5.75 Å². The lowest BCUT2D eigenvalue weighted by Gasteiger charge is -2.12. The van der Waals surface area contributed by atoms with Gasteiger partial charge in [-0.05, 0) is 48.4 Å². The fourth-order valence-corrected chi connectivity index (χ4v) is 4.59. The molecule has 1 heterocycles. The molecule has 0 aliphatic rings. The molecule has 0 spiro atoms. The van der Waals surface area contributed by atoms with Crippen molar-refractivity contribution < 1.29 is 9.53 Å². The second-order valence-electron chi connectivity index (χ2n) is 7.06. The van der Waals surface area contributed by atoms with Gasteiger partial charge >= 0.3 is 0 Å². The van der Waals surface area contributed by atoms with Gasteiger partial charge in [-0.25, -0.2) is 0 Å². The number of thioether (sulfide) groups is 1. The van der Waals surface area contributed by atoms with Crippen LogP contribution in [0.3, 0.4) is 0 Å². The highest BCUT2D eigenvalue weighted by Crippen LogP contribution is 2.28. The van der Waals surface area contributed by atoms with Gasteiger partial charge in [0.05, 0.1) is 5.75 Å². The molecule has 0 atom stereocenters. The Balaban J connectivity index is 1.44. The zero-order chi connectivity index (χ0) is 21.8. The van der Waals surface area contributed by atoms with Gasteiger partial charge in [0.15, 0.2) is 16.8 Å². The van der Waals surface area contributed by atoms with Gasteiger partial charge in [0.2, 0.25) is 0 Å². The number of aryl methyl sites for hydroxylation is 1. The zero-order valence-corrected chi connectivity index (χ0v) is 19.7. The van der Waals surface area contributed by atoms with Gasteiger partial charge in [-0.1, -0.05) is 70.2 Å². The van der Waals surface area contributed by atoms with Crippen LogP contribution in [0.1, 0.15) is 28.7 Å². The Hall–Kier alpha value is -2.64. The number of hydrogen-bond donors (Lipinski definition) is 0. The van der Waals surface area contributed by atoms with Gasteiger partial charge in [-0.3, -0.25) is 4.79 Å². The van der Waals surface area contributed by atoms with E-state index in [0.717, 1.165) is 26.8 Å². The quantitative estimate of drug-likeness (QED) is 0.219. The molecule has 0 bridgehead atoms. The van der Waals surface area contributed by atoms with Crippen LogP contribution in [0.4, 0.5) is 0 Å². The van der Waals surface area contributed by atoms with Crippen LogP contribution < -0.4 is 4.74 Å². The highest BCUT2D eigenvalue weighted by Gasteiger charge is 2.15. The molecule has 3 aromatic carbocycles. The van der Waals surface area contributed by atoms with Crippen LogP contribution in [0.5, 0.6) is 5.75 Å². The average molecular weight is 496 g/mol. The summed E-state index contributed by atoms with van der Waals surface area (Å²) in [5, 5.41) is 11.7. The molecule has 7 heteroatoms. The van der Waals surface area contributed by atoms with Crippen molar-refractivity contribution in [1.82, 2.24) is 14.8 Å². The summed E-state index contributed by atoms with van der Waals surface area (Å²) < 4.78 is 9.04. The van der Waals surface area contributed by atoms with Gasteiger partial charge in [-0.2, -0.15) is 0 Å². The summed E-state index contributed by atoms with van der Waals surface area (Å²) in [5.41, 5.74) is 1.80. The van der Waals surface area contributed by atoms with Crippen LogP contribution in [0.15, 0.2) is 70.3 Å². The molecule has 0 saturated carbocycles. The standard InChI is InChI=1S/C24H22BrN3O2S/c1-3-28-23(14-30-22-13-10-17-6-4-5-7-20(17)16(22)2)26-27-24(28)31-15-21(29)18-8-11-19(25)12-9-18/h4-13H,3,14-15H2,1-2H3. The van der Waals surface area contributed by atoms with Crippen molar-refractivity contribution >= 4 is 44.2 Å². The van der Waals surface area contributed by atoms with Crippen molar-refractivity contribution in [1.29, 1.82) is 0 Å². The number of benzene rings is 3. The molecule has 0 aliphatic heterocycles. The zero-order valence-electron chi connectivity index (χ0n) is 17.3. The molecule has 0 amide bonds. The maximum atomic E-state index is 12.5. The monoisotopic (exact) mass is 495 g/mol. The average Bonchev–Trinajstić information content (AvgIpc) is 3.19. The lowest BCUT2D eigenvalue weighted by molar-refractivity contribution is 0.102. The van der Waals surface area contributed by atoms with Crippen LogP contribution in [-0.2, 0) is 13.2 Å². The van der Waals surface area contributed by atoms with E-state index >= 15 is 0 Å². The first-order valence-corrected chi connectivity index (χ1v) is 11.8. The normalized spacial score (nSPS) is 11.1. The van der Waals surface area contributed by atoms with Crippen LogP contribution >= 0.6 is 27.7 Å². The van der Waals surface area contributed by atoms with Crippen molar-refractivity contribution in [3.63, 3.8) is 0 Å². The van der Waals surface area contributed by atoms with Crippen LogP contribution in [0.2, 0.25) is 0 Å². The van der Waals surface area contributed by atoms with E-state index in [1.807, 2.05) is 54.0 Å². The van der Waals surface area contributed by atoms with Gasteiger partial charge in [0.25, 0.3) is 0 Å². The summed E-state index contributed by atoms with van der Waals surface area (Å²) in [5.74, 6) is 1.95. The van der Waals surface area contributed by atoms with Crippen LogP contribution in [0, 0.1) is 6.92 Å². The summed E-state index contributed by atoms with van der Waals surface area (Å²) in [6.45, 7) is 5.13. The first-order valence-electron chi connectivity index (χ1n) is 10.0. The highest BCUT2D eigenvalue weighted by molar-refractivity contribution is 9.10. The predicted molar refractivity (Wildman–Crippen MR) is 128 cm³/mol. The first kappa shape index (κ1) is 21.6. The minimum atomic E-state index is 0.0627. The summed E-state index contributed by atoms with van der Waals surface area (Å²) in [7, 11) is 0. The number of rotatable bonds is 8. The number of halogens is 1. The van der Waals surface area contributed by atoms with E-state index in [0.29, 0.717) is 24.5 Å². The molecule has 0 N–H and O–H groups in total. The Morgan fingerprint density at radius 1 is 1.06 bits per heavy atom. The molecule has 4 aromatic rings. The molecule has 0 saturated heterocycles. The number of hydrogen-bond acceptors (Lipinski definition) is 5. The van der Waals surface area contributed by atoms with E-state index in [1.54, 1.807) is 0 Å². The Labute approximate surface area is 194 Å². The van der Waals surface area contributed by atoms with Gasteiger partial charge in [0.1, 0.15) is 12.4 Å². The van der Waals surface area contributed by atoms with Crippen molar-refractivity contribution in [3.05, 3.63) is 82.1 Å². The summed E-state index contributed by atoms with van der Waals surface area (Å²) >= 11 is 4.79. The highest BCUT2D eigenvalue weighted by atomic mass is 79.9. The number of Topliss-reactive ketones (excluding diaryl/α,β-unsaturated/α-hetero) is 1. The van der Waals surface area contributed by atoms with Crippen LogP contribution in [-0.4, -0.2) is 26.3 Å². The number of ketones is 1. The number of carbonyl (C=O) groups is 1. The van der Waals surface area contributed by atoms with E-state index < -0.39 is 0 Å². The maximum Gasteiger partial charge on any atom is 0.191 e. The molecule has 158 valence electrons. The lowest BCUT2D eigenvalue weighted by Crippen LogP contribution is -2.09. The number of nitrogens with zero attached hydrogens (tertiary/aromatic N) is 3. The fourth-order valence-electron chi connectivity index (χ4n) is 3.41. The van der Waals surface area contributed by atoms with Crippen molar-refractivity contribution in [2.75, 3.05) is 5.75 Å². The second-order valence-corrected chi connectivity index (χ2v) is 8.92. The van der Waals surface area contributed by atoms with E-state index in [4.69, 9.17) is 4.74 Å². The third-order valence-corrected chi connectivity index (χ3v) is 6.61. The van der Waals surface area contributed by atoms with E-state index in [2.05, 4.69) is 51.3 Å². The summed E-state index contributed by atoms with van der Waals surface area (Å²) in [6, 6.07) is 19.7. The minimum Gasteiger partial charge on any atom is -0.485 e. The van der Waals surface area contributed by atoms with Gasteiger partial charge in [-0.15, -0.1) is 10.2 Å². The number of fused-ring (bicyclic) bond motifs is 1. The molecule has 0 aliphatic carbocycles. The molecule has 31 heavy (non-hydrogen) atoms. The topological polar surface area (TPSA) is 57.0 Å². The first-order chi connectivity index (χ1) is 15.1. The van der Waals surface area contributed by atoms with E-state index in [1.165, 1.54) is 22.5 Å². The Bertz CT molecular complexity index is 1220. The number of ether oxygens (including phenoxy) is 1. The molecule has 0 radical (unpaired) electrons. The molecular weight excluding hydrogens is 474 g/mol. The largest absolute Gasteiger partial charge is 0.485 e. The third kappa shape index (κ3) is 4.83. The molecule has 0 fully saturated rings. The van der Waals surface area contributed by atoms with E-state index in [-0.39, 0.29) is 5.78 Å². The number of aromatic nitrogens is 3. The molecule has 4 rings (SSSR count). The predicted octanol–water partition coefficient (Wildman–Crippen LogP) is 6.08. The minimum absolute atomic E-state index is 0.0627. The molecule has 5 nitrogen and oxygen atoms in total. The number of carbonyl (C=O) groups excluding carboxylic acids is 1. The van der Waals surface area contributed by atoms with Gasteiger partial charge in [0, 0.05) is 16.6 Å². The Morgan fingerprint density at radius 3 is 2.61 bits per heavy atom. The Kier molecular flexibility index (Phi) is 6.73. The third-order valence-electron chi connectivity index (χ3n) is 5.11. The molecule has 1 aromatic heterocycles. The van der Waals surface area contributed by atoms with Crippen molar-refractivity contribution in [2.45, 2.75) is 32.2 Å². The van der Waals surface area contributed by atoms with Crippen molar-refractivity contribution in [2.24, 2.45) is 0 Å². The second kappa shape index (κ2) is 9.66. The fraction of sp³-hybridized carbons (Fsp3) is 0.208. The molecule has 0 unspecified atom stereocenters. The van der Waals surface area contributed by atoms with Crippen LogP contribution in [0.25, 0.3) is 10.8 Å². The smallest absolute Gasteiger partial charge is 0.191 e. The summed E-state index contributed by atoms with van der Waals surface area (Å²) in [6.07, 6.45) is 0. The lowest BCUT2D eigenvalue weighted by atomic mass is 10.0. The summed E-state index contributed by atoms with van der Waals surface area (Å²) in [4.78, 5) is 12.5.